The second-order valence-electron chi connectivity index (χ2n) is 4.81. The molecule has 0 N–H and O–H groups in total. The molecule has 24 heavy (non-hydrogen) atoms. The van der Waals surface area contributed by atoms with Crippen LogP contribution in [0.25, 0.3) is 0 Å². The molecule has 0 radical (unpaired) electrons. The summed E-state index contributed by atoms with van der Waals surface area (Å²) >= 11 is 0.919. The second-order valence-corrected chi connectivity index (χ2v) is 6.12. The number of hydrogen-bond acceptors (Lipinski definition) is 4. The number of methoxy groups -OCH3 is 1. The molecule has 2 atom stereocenters. The van der Waals surface area contributed by atoms with Gasteiger partial charge in [-0.2, -0.15) is 22.0 Å². The second kappa shape index (κ2) is 9.10. The standard InChI is InChI=1S/C15H17F5O3S/c1-3-13(10(6-7-21)15(18,19)20)24-9-4-5-11(23-14(16)17)12(8-9)22-2/h4-5,7-8,10,13-14H,3,6H2,1-2H3. The number of alkyl halides is 5. The zero-order valence-corrected chi connectivity index (χ0v) is 13.8. The number of thioether (sulfide) groups is 1. The molecule has 0 amide bonds. The first-order valence-corrected chi connectivity index (χ1v) is 7.90. The molecule has 0 fully saturated rings. The first kappa shape index (κ1) is 20.5. The normalized spacial score (nSPS) is 14.3. The molecule has 0 aromatic heterocycles. The SMILES string of the molecule is CCC(Sc1ccc(OC(F)F)c(OC)c1)C(CC=O)C(F)(F)F. The van der Waals surface area contributed by atoms with Crippen LogP contribution in [0.1, 0.15) is 19.8 Å². The fourth-order valence-corrected chi connectivity index (χ4v) is 3.41. The topological polar surface area (TPSA) is 35.5 Å². The van der Waals surface area contributed by atoms with E-state index < -0.39 is 30.4 Å². The number of rotatable bonds is 9. The Labute approximate surface area is 140 Å². The summed E-state index contributed by atoms with van der Waals surface area (Å²) in [6, 6.07) is 3.92. The van der Waals surface area contributed by atoms with Gasteiger partial charge in [-0.05, 0) is 24.6 Å². The lowest BCUT2D eigenvalue weighted by atomic mass is 9.99. The van der Waals surface area contributed by atoms with Crippen LogP contribution < -0.4 is 9.47 Å². The third-order valence-corrected chi connectivity index (χ3v) is 4.75. The van der Waals surface area contributed by atoms with Gasteiger partial charge < -0.3 is 14.3 Å². The summed E-state index contributed by atoms with van der Waals surface area (Å²) < 4.78 is 73.1. The van der Waals surface area contributed by atoms with Gasteiger partial charge in [0.15, 0.2) is 11.5 Å². The number of hydrogen-bond donors (Lipinski definition) is 0. The van der Waals surface area contributed by atoms with Gasteiger partial charge >= 0.3 is 12.8 Å². The first-order chi connectivity index (χ1) is 11.2. The van der Waals surface area contributed by atoms with Gasteiger partial charge in [0.1, 0.15) is 6.29 Å². The van der Waals surface area contributed by atoms with Crippen LogP contribution in [0.3, 0.4) is 0 Å². The number of carbonyl (C=O) groups excluding carboxylic acids is 1. The molecule has 2 unspecified atom stereocenters. The first-order valence-electron chi connectivity index (χ1n) is 7.02. The lowest BCUT2D eigenvalue weighted by Crippen LogP contribution is -2.32. The van der Waals surface area contributed by atoms with Crippen LogP contribution in [0.5, 0.6) is 11.5 Å². The van der Waals surface area contributed by atoms with Gasteiger partial charge in [0.05, 0.1) is 13.0 Å². The molecule has 0 aliphatic carbocycles. The van der Waals surface area contributed by atoms with Crippen LogP contribution in [-0.2, 0) is 4.79 Å². The monoisotopic (exact) mass is 372 g/mol. The number of benzene rings is 1. The van der Waals surface area contributed by atoms with E-state index in [1.807, 2.05) is 0 Å². The highest BCUT2D eigenvalue weighted by molar-refractivity contribution is 8.00. The minimum Gasteiger partial charge on any atom is -0.493 e. The highest BCUT2D eigenvalue weighted by Crippen LogP contribution is 2.42. The van der Waals surface area contributed by atoms with Crippen molar-refractivity contribution in [3.63, 3.8) is 0 Å². The van der Waals surface area contributed by atoms with Crippen LogP contribution in [0.2, 0.25) is 0 Å². The molecule has 0 saturated heterocycles. The molecule has 1 rings (SSSR count). The van der Waals surface area contributed by atoms with Gasteiger partial charge in [-0.1, -0.05) is 6.92 Å². The molecule has 136 valence electrons. The third-order valence-electron chi connectivity index (χ3n) is 3.26. The predicted molar refractivity (Wildman–Crippen MR) is 79.8 cm³/mol. The van der Waals surface area contributed by atoms with E-state index in [0.29, 0.717) is 4.90 Å². The Balaban J connectivity index is 3.01. The van der Waals surface area contributed by atoms with E-state index in [1.165, 1.54) is 25.3 Å². The molecule has 1 aromatic carbocycles. The minimum atomic E-state index is -4.50. The van der Waals surface area contributed by atoms with Crippen LogP contribution in [-0.4, -0.2) is 31.4 Å². The fraction of sp³-hybridized carbons (Fsp3) is 0.533. The molecular formula is C15H17F5O3S. The van der Waals surface area contributed by atoms with Crippen molar-refractivity contribution in [1.29, 1.82) is 0 Å². The molecule has 3 nitrogen and oxygen atoms in total. The fourth-order valence-electron chi connectivity index (χ4n) is 2.14. The maximum Gasteiger partial charge on any atom is 0.393 e. The van der Waals surface area contributed by atoms with Gasteiger partial charge in [0, 0.05) is 16.6 Å². The quantitative estimate of drug-likeness (QED) is 0.350. The zero-order valence-electron chi connectivity index (χ0n) is 13.0. The summed E-state index contributed by atoms with van der Waals surface area (Å²) in [6.07, 6.45) is -4.70. The van der Waals surface area contributed by atoms with Crippen molar-refractivity contribution in [1.82, 2.24) is 0 Å². The van der Waals surface area contributed by atoms with Crippen LogP contribution in [0.15, 0.2) is 23.1 Å². The maximum absolute atomic E-state index is 13.1. The van der Waals surface area contributed by atoms with Gasteiger partial charge in [0.25, 0.3) is 0 Å². The Bertz CT molecular complexity index is 536. The van der Waals surface area contributed by atoms with E-state index in [2.05, 4.69) is 4.74 Å². The Morgan fingerprint density at radius 2 is 1.92 bits per heavy atom. The highest BCUT2D eigenvalue weighted by Gasteiger charge is 2.44. The summed E-state index contributed by atoms with van der Waals surface area (Å²) in [5, 5.41) is -0.887. The van der Waals surface area contributed by atoms with E-state index in [9.17, 15) is 26.7 Å². The molecule has 9 heteroatoms. The van der Waals surface area contributed by atoms with Gasteiger partial charge in [0.2, 0.25) is 0 Å². The number of aldehydes is 1. The lowest BCUT2D eigenvalue weighted by Gasteiger charge is -2.26. The molecule has 0 spiro atoms. The van der Waals surface area contributed by atoms with Crippen LogP contribution in [0.4, 0.5) is 22.0 Å². The van der Waals surface area contributed by atoms with E-state index in [-0.39, 0.29) is 24.2 Å². The van der Waals surface area contributed by atoms with E-state index in [1.54, 1.807) is 6.92 Å². The molecule has 0 saturated carbocycles. The predicted octanol–water partition coefficient (Wildman–Crippen LogP) is 4.93. The van der Waals surface area contributed by atoms with Crippen molar-refractivity contribution in [3.8, 4) is 11.5 Å². The van der Waals surface area contributed by atoms with Crippen molar-refractivity contribution in [3.05, 3.63) is 18.2 Å². The average molecular weight is 372 g/mol. The molecule has 1 aromatic rings. The van der Waals surface area contributed by atoms with Crippen molar-refractivity contribution < 1.29 is 36.2 Å². The Kier molecular flexibility index (Phi) is 7.78. The van der Waals surface area contributed by atoms with E-state index >= 15 is 0 Å². The summed E-state index contributed by atoms with van der Waals surface area (Å²) in [4.78, 5) is 11.0. The summed E-state index contributed by atoms with van der Waals surface area (Å²) in [5.74, 6) is -1.99. The summed E-state index contributed by atoms with van der Waals surface area (Å²) in [7, 11) is 1.24. The number of ether oxygens (including phenoxy) is 2. The van der Waals surface area contributed by atoms with Crippen molar-refractivity contribution in [2.75, 3.05) is 7.11 Å². The molecule has 0 heterocycles. The van der Waals surface area contributed by atoms with Crippen LogP contribution in [0, 0.1) is 5.92 Å². The Hall–Kier alpha value is -1.51. The smallest absolute Gasteiger partial charge is 0.393 e. The van der Waals surface area contributed by atoms with Crippen molar-refractivity contribution >= 4 is 18.0 Å². The van der Waals surface area contributed by atoms with Crippen molar-refractivity contribution in [2.24, 2.45) is 5.92 Å². The molecular weight excluding hydrogens is 355 g/mol. The molecule has 0 bridgehead atoms. The van der Waals surface area contributed by atoms with Crippen molar-refractivity contribution in [2.45, 2.75) is 42.7 Å². The minimum absolute atomic E-state index is 0.00546. The number of carbonyl (C=O) groups is 1. The molecule has 0 aliphatic rings. The zero-order chi connectivity index (χ0) is 18.3. The van der Waals surface area contributed by atoms with E-state index in [4.69, 9.17) is 4.74 Å². The van der Waals surface area contributed by atoms with E-state index in [0.717, 1.165) is 11.8 Å². The lowest BCUT2D eigenvalue weighted by molar-refractivity contribution is -0.176. The van der Waals surface area contributed by atoms with Gasteiger partial charge in [-0.3, -0.25) is 0 Å². The molecule has 0 aliphatic heterocycles. The average Bonchev–Trinajstić information content (AvgIpc) is 2.50. The Morgan fingerprint density at radius 1 is 1.25 bits per heavy atom. The largest absolute Gasteiger partial charge is 0.493 e. The van der Waals surface area contributed by atoms with Crippen LogP contribution >= 0.6 is 11.8 Å². The van der Waals surface area contributed by atoms with Gasteiger partial charge in [-0.15, -0.1) is 11.8 Å². The Morgan fingerprint density at radius 3 is 2.38 bits per heavy atom. The van der Waals surface area contributed by atoms with Gasteiger partial charge in [-0.25, -0.2) is 0 Å². The number of halogens is 5. The third kappa shape index (κ3) is 5.85. The summed E-state index contributed by atoms with van der Waals surface area (Å²) in [6.45, 7) is -1.45. The highest BCUT2D eigenvalue weighted by atomic mass is 32.2. The summed E-state index contributed by atoms with van der Waals surface area (Å²) in [5.41, 5.74) is 0. The maximum atomic E-state index is 13.1.